The number of likely N-dealkylation sites (N-methyl/N-ethyl adjacent to an activating group) is 1. The number of carbonyl (C=O) groups excluding carboxylic acids is 2. The molecule has 2 saturated heterocycles. The number of nitrogens with zero attached hydrogens (tertiary/aromatic N) is 5. The highest BCUT2D eigenvalue weighted by atomic mass is 19.4. The van der Waals surface area contributed by atoms with Gasteiger partial charge in [-0.1, -0.05) is 0 Å². The van der Waals surface area contributed by atoms with Gasteiger partial charge >= 0.3 is 6.18 Å². The fourth-order valence-corrected chi connectivity index (χ4v) is 3.81. The highest BCUT2D eigenvalue weighted by Gasteiger charge is 2.33. The molecule has 10 heteroatoms. The Labute approximate surface area is 174 Å². The highest BCUT2D eigenvalue weighted by molar-refractivity contribution is 5.79. The second-order valence-electron chi connectivity index (χ2n) is 8.05. The minimum Gasteiger partial charge on any atom is -0.357 e. The van der Waals surface area contributed by atoms with Crippen molar-refractivity contribution in [3.8, 4) is 0 Å². The number of hydrogen-bond acceptors (Lipinski definition) is 5. The largest absolute Gasteiger partial charge is 0.417 e. The zero-order valence-electron chi connectivity index (χ0n) is 17.4. The lowest BCUT2D eigenvalue weighted by Crippen LogP contribution is -2.53. The third kappa shape index (κ3) is 5.41. The molecule has 0 aliphatic carbocycles. The summed E-state index contributed by atoms with van der Waals surface area (Å²) in [6, 6.07) is 2.43. The first-order valence-electron chi connectivity index (χ1n) is 10.1. The molecule has 0 radical (unpaired) electrons. The normalized spacial score (nSPS) is 19.1. The molecule has 30 heavy (non-hydrogen) atoms. The van der Waals surface area contributed by atoms with Crippen LogP contribution in [0.2, 0.25) is 0 Å². The highest BCUT2D eigenvalue weighted by Crippen LogP contribution is 2.30. The van der Waals surface area contributed by atoms with Gasteiger partial charge in [0.1, 0.15) is 5.82 Å². The molecule has 3 rings (SSSR count). The standard InChI is InChI=1S/C20H28F3N5O2/c1-25(2)18(29)14-26-9-11-28(12-10-26)19(30)15-5-7-27(8-6-15)17-4-3-16(13-24-17)20(21,22)23/h3-4,13,15H,5-12,14H2,1-2H3. The van der Waals surface area contributed by atoms with Gasteiger partial charge in [-0.2, -0.15) is 13.2 Å². The van der Waals surface area contributed by atoms with Crippen molar-refractivity contribution in [1.82, 2.24) is 19.7 Å². The van der Waals surface area contributed by atoms with Crippen molar-refractivity contribution in [3.05, 3.63) is 23.9 Å². The summed E-state index contributed by atoms with van der Waals surface area (Å²) in [6.45, 7) is 4.13. The summed E-state index contributed by atoms with van der Waals surface area (Å²) in [5.41, 5.74) is -0.761. The monoisotopic (exact) mass is 427 g/mol. The fraction of sp³-hybridized carbons (Fsp3) is 0.650. The number of anilines is 1. The van der Waals surface area contributed by atoms with Gasteiger partial charge in [0, 0.05) is 65.5 Å². The maximum absolute atomic E-state index is 12.9. The van der Waals surface area contributed by atoms with Crippen molar-refractivity contribution >= 4 is 17.6 Å². The van der Waals surface area contributed by atoms with Gasteiger partial charge < -0.3 is 14.7 Å². The van der Waals surface area contributed by atoms with Gasteiger partial charge in [0.15, 0.2) is 0 Å². The lowest BCUT2D eigenvalue weighted by Gasteiger charge is -2.38. The molecule has 0 spiro atoms. The lowest BCUT2D eigenvalue weighted by atomic mass is 9.95. The number of alkyl halides is 3. The van der Waals surface area contributed by atoms with Gasteiger partial charge in [-0.3, -0.25) is 14.5 Å². The molecule has 0 N–H and O–H groups in total. The summed E-state index contributed by atoms with van der Waals surface area (Å²) < 4.78 is 38.0. The first kappa shape index (κ1) is 22.3. The molecule has 0 saturated carbocycles. The summed E-state index contributed by atoms with van der Waals surface area (Å²) in [4.78, 5) is 36.1. The molecule has 0 atom stereocenters. The van der Waals surface area contributed by atoms with Gasteiger partial charge in [0.05, 0.1) is 12.1 Å². The second kappa shape index (κ2) is 9.20. The van der Waals surface area contributed by atoms with Crippen molar-refractivity contribution in [2.45, 2.75) is 19.0 Å². The quantitative estimate of drug-likeness (QED) is 0.730. The number of pyridine rings is 1. The predicted molar refractivity (Wildman–Crippen MR) is 106 cm³/mol. The number of hydrogen-bond donors (Lipinski definition) is 0. The van der Waals surface area contributed by atoms with Crippen molar-refractivity contribution < 1.29 is 22.8 Å². The van der Waals surface area contributed by atoms with Crippen LogP contribution in [0.1, 0.15) is 18.4 Å². The number of amides is 2. The minimum atomic E-state index is -4.39. The first-order chi connectivity index (χ1) is 14.1. The molecule has 1 aromatic rings. The van der Waals surface area contributed by atoms with Crippen LogP contribution in [-0.2, 0) is 15.8 Å². The van der Waals surface area contributed by atoms with Crippen LogP contribution in [0.25, 0.3) is 0 Å². The van der Waals surface area contributed by atoms with Gasteiger partial charge in [-0.15, -0.1) is 0 Å². The lowest BCUT2D eigenvalue weighted by molar-refractivity contribution is -0.139. The van der Waals surface area contributed by atoms with Crippen LogP contribution < -0.4 is 4.90 Å². The number of carbonyl (C=O) groups is 2. The molecular weight excluding hydrogens is 399 g/mol. The van der Waals surface area contributed by atoms with Crippen molar-refractivity contribution in [2.24, 2.45) is 5.92 Å². The Hall–Kier alpha value is -2.36. The molecule has 2 amide bonds. The van der Waals surface area contributed by atoms with Crippen LogP contribution in [0.4, 0.5) is 19.0 Å². The summed E-state index contributed by atoms with van der Waals surface area (Å²) in [6.07, 6.45) is -2.23. The average molecular weight is 427 g/mol. The number of piperidine rings is 1. The van der Waals surface area contributed by atoms with Crippen LogP contribution in [0, 0.1) is 5.92 Å². The van der Waals surface area contributed by atoms with Crippen molar-refractivity contribution in [3.63, 3.8) is 0 Å². The zero-order valence-corrected chi connectivity index (χ0v) is 17.4. The van der Waals surface area contributed by atoms with Crippen LogP contribution in [0.5, 0.6) is 0 Å². The molecule has 1 aromatic heterocycles. The SMILES string of the molecule is CN(C)C(=O)CN1CCN(C(=O)C2CCN(c3ccc(C(F)(F)F)cn3)CC2)CC1. The summed E-state index contributed by atoms with van der Waals surface area (Å²) >= 11 is 0. The molecule has 2 aliphatic heterocycles. The van der Waals surface area contributed by atoms with Gasteiger partial charge in [0.2, 0.25) is 11.8 Å². The zero-order chi connectivity index (χ0) is 21.9. The minimum absolute atomic E-state index is 0.0547. The second-order valence-corrected chi connectivity index (χ2v) is 8.05. The van der Waals surface area contributed by atoms with E-state index in [1.807, 2.05) is 9.80 Å². The molecule has 3 heterocycles. The van der Waals surface area contributed by atoms with E-state index in [0.717, 1.165) is 12.3 Å². The van der Waals surface area contributed by atoms with E-state index in [4.69, 9.17) is 0 Å². The van der Waals surface area contributed by atoms with E-state index in [0.29, 0.717) is 64.5 Å². The van der Waals surface area contributed by atoms with Gasteiger partial charge in [-0.05, 0) is 25.0 Å². The molecule has 0 aromatic carbocycles. The van der Waals surface area contributed by atoms with Crippen molar-refractivity contribution in [1.29, 1.82) is 0 Å². The summed E-state index contributed by atoms with van der Waals surface area (Å²) in [5.74, 6) is 0.617. The molecule has 2 fully saturated rings. The maximum Gasteiger partial charge on any atom is 0.417 e. The van der Waals surface area contributed by atoms with E-state index in [1.165, 1.54) is 6.07 Å². The van der Waals surface area contributed by atoms with E-state index >= 15 is 0 Å². The molecule has 0 bridgehead atoms. The molecule has 166 valence electrons. The molecule has 2 aliphatic rings. The maximum atomic E-state index is 12.9. The van der Waals surface area contributed by atoms with Gasteiger partial charge in [-0.25, -0.2) is 4.98 Å². The van der Waals surface area contributed by atoms with Crippen LogP contribution in [-0.4, -0.2) is 91.4 Å². The first-order valence-corrected chi connectivity index (χ1v) is 10.1. The number of halogens is 3. The Morgan fingerprint density at radius 3 is 2.20 bits per heavy atom. The Kier molecular flexibility index (Phi) is 6.84. The Morgan fingerprint density at radius 1 is 1.07 bits per heavy atom. The number of piperazine rings is 1. The van der Waals surface area contributed by atoms with Crippen LogP contribution in [0.3, 0.4) is 0 Å². The smallest absolute Gasteiger partial charge is 0.357 e. The molecular formula is C20H28F3N5O2. The molecule has 0 unspecified atom stereocenters. The van der Waals surface area contributed by atoms with Crippen LogP contribution in [0.15, 0.2) is 18.3 Å². The van der Waals surface area contributed by atoms with Crippen LogP contribution >= 0.6 is 0 Å². The van der Waals surface area contributed by atoms with E-state index in [2.05, 4.69) is 9.88 Å². The number of rotatable bonds is 4. The predicted octanol–water partition coefficient (Wildman–Crippen LogP) is 1.55. The van der Waals surface area contributed by atoms with E-state index in [9.17, 15) is 22.8 Å². The Morgan fingerprint density at radius 2 is 1.70 bits per heavy atom. The summed E-state index contributed by atoms with van der Waals surface area (Å²) in [7, 11) is 3.46. The molecule has 7 nitrogen and oxygen atoms in total. The fourth-order valence-electron chi connectivity index (χ4n) is 3.81. The van der Waals surface area contributed by atoms with E-state index in [-0.39, 0.29) is 17.7 Å². The summed E-state index contributed by atoms with van der Waals surface area (Å²) in [5, 5.41) is 0. The van der Waals surface area contributed by atoms with E-state index < -0.39 is 11.7 Å². The Balaban J connectivity index is 1.46. The Bertz CT molecular complexity index is 738. The van der Waals surface area contributed by atoms with Crippen molar-refractivity contribution in [2.75, 3.05) is 64.8 Å². The topological polar surface area (TPSA) is 60.0 Å². The van der Waals surface area contributed by atoms with Gasteiger partial charge in [0.25, 0.3) is 0 Å². The third-order valence-electron chi connectivity index (χ3n) is 5.79. The number of aromatic nitrogens is 1. The average Bonchev–Trinajstić information content (AvgIpc) is 2.73. The third-order valence-corrected chi connectivity index (χ3v) is 5.79. The van der Waals surface area contributed by atoms with E-state index in [1.54, 1.807) is 19.0 Å².